The van der Waals surface area contributed by atoms with Gasteiger partial charge in [-0.2, -0.15) is 11.3 Å². The summed E-state index contributed by atoms with van der Waals surface area (Å²) >= 11 is 7.38. The first-order chi connectivity index (χ1) is 10.6. The maximum absolute atomic E-state index is 12.0. The van der Waals surface area contributed by atoms with Gasteiger partial charge in [0.25, 0.3) is 5.91 Å². The Morgan fingerprint density at radius 1 is 1.23 bits per heavy atom. The van der Waals surface area contributed by atoms with Crippen molar-refractivity contribution in [2.75, 3.05) is 13.6 Å². The fourth-order valence-electron chi connectivity index (χ4n) is 1.92. The molecule has 0 fully saturated rings. The molecule has 2 amide bonds. The Hall–Kier alpha value is -1.85. The minimum Gasteiger partial charge on any atom is -0.352 e. The highest BCUT2D eigenvalue weighted by Crippen LogP contribution is 2.10. The number of halogens is 1. The first kappa shape index (κ1) is 16.5. The number of nitrogens with one attached hydrogen (secondary N) is 1. The first-order valence-corrected chi connectivity index (χ1v) is 8.17. The van der Waals surface area contributed by atoms with Crippen molar-refractivity contribution in [2.24, 2.45) is 0 Å². The molecular formula is C16H17ClN2O2S. The summed E-state index contributed by atoms with van der Waals surface area (Å²) in [6, 6.07) is 8.63. The number of rotatable bonds is 6. The van der Waals surface area contributed by atoms with Crippen molar-refractivity contribution < 1.29 is 9.59 Å². The maximum Gasteiger partial charge on any atom is 0.251 e. The van der Waals surface area contributed by atoms with Crippen LogP contribution < -0.4 is 5.32 Å². The van der Waals surface area contributed by atoms with E-state index >= 15 is 0 Å². The van der Waals surface area contributed by atoms with Crippen LogP contribution in [0.1, 0.15) is 22.3 Å². The summed E-state index contributed by atoms with van der Waals surface area (Å²) in [5.41, 5.74) is 1.65. The normalized spacial score (nSPS) is 10.3. The molecule has 22 heavy (non-hydrogen) atoms. The molecule has 0 aliphatic carbocycles. The fourth-order valence-corrected chi connectivity index (χ4v) is 2.71. The zero-order chi connectivity index (χ0) is 15.9. The lowest BCUT2D eigenvalue weighted by molar-refractivity contribution is -0.130. The third kappa shape index (κ3) is 4.86. The van der Waals surface area contributed by atoms with E-state index in [0.717, 1.165) is 5.56 Å². The van der Waals surface area contributed by atoms with E-state index in [1.165, 1.54) is 0 Å². The molecule has 1 N–H and O–H groups in total. The summed E-state index contributed by atoms with van der Waals surface area (Å²) in [7, 11) is 1.76. The van der Waals surface area contributed by atoms with E-state index in [1.54, 1.807) is 47.5 Å². The molecule has 0 aliphatic rings. The van der Waals surface area contributed by atoms with Crippen LogP contribution in [0.4, 0.5) is 0 Å². The van der Waals surface area contributed by atoms with Crippen molar-refractivity contribution >= 4 is 34.8 Å². The number of carbonyl (C=O) groups is 2. The van der Waals surface area contributed by atoms with Gasteiger partial charge in [0.1, 0.15) is 0 Å². The Balaban J connectivity index is 1.74. The lowest BCUT2D eigenvalue weighted by Gasteiger charge is -2.16. The van der Waals surface area contributed by atoms with Crippen molar-refractivity contribution in [1.29, 1.82) is 0 Å². The SMILES string of the molecule is CN(Cc1ccsc1)C(=O)CCNC(=O)c1ccc(Cl)cc1. The van der Waals surface area contributed by atoms with E-state index in [-0.39, 0.29) is 18.2 Å². The highest BCUT2D eigenvalue weighted by atomic mass is 35.5. The Kier molecular flexibility index (Phi) is 5.98. The number of benzene rings is 1. The molecular weight excluding hydrogens is 320 g/mol. The number of amides is 2. The van der Waals surface area contributed by atoms with Gasteiger partial charge in [0.05, 0.1) is 0 Å². The number of nitrogens with zero attached hydrogens (tertiary/aromatic N) is 1. The van der Waals surface area contributed by atoms with E-state index in [9.17, 15) is 9.59 Å². The van der Waals surface area contributed by atoms with Gasteiger partial charge in [0, 0.05) is 37.1 Å². The van der Waals surface area contributed by atoms with Crippen LogP contribution in [0.3, 0.4) is 0 Å². The number of hydrogen-bond donors (Lipinski definition) is 1. The molecule has 116 valence electrons. The van der Waals surface area contributed by atoms with Crippen LogP contribution in [0.2, 0.25) is 5.02 Å². The Bertz CT molecular complexity index is 626. The van der Waals surface area contributed by atoms with Gasteiger partial charge in [0.15, 0.2) is 0 Å². The minimum atomic E-state index is -0.204. The van der Waals surface area contributed by atoms with Crippen molar-refractivity contribution in [3.05, 3.63) is 57.2 Å². The van der Waals surface area contributed by atoms with Gasteiger partial charge in [-0.05, 0) is 46.7 Å². The molecule has 0 saturated carbocycles. The van der Waals surface area contributed by atoms with Crippen LogP contribution in [-0.2, 0) is 11.3 Å². The van der Waals surface area contributed by atoms with E-state index in [0.29, 0.717) is 23.7 Å². The topological polar surface area (TPSA) is 49.4 Å². The van der Waals surface area contributed by atoms with Crippen molar-refractivity contribution in [1.82, 2.24) is 10.2 Å². The van der Waals surface area contributed by atoms with Gasteiger partial charge in [-0.3, -0.25) is 9.59 Å². The highest BCUT2D eigenvalue weighted by molar-refractivity contribution is 7.07. The molecule has 1 heterocycles. The molecule has 0 unspecified atom stereocenters. The fraction of sp³-hybridized carbons (Fsp3) is 0.250. The first-order valence-electron chi connectivity index (χ1n) is 6.85. The summed E-state index contributed by atoms with van der Waals surface area (Å²) in [6.07, 6.45) is 0.278. The number of carbonyl (C=O) groups excluding carboxylic acids is 2. The van der Waals surface area contributed by atoms with Crippen LogP contribution in [0.25, 0.3) is 0 Å². The molecule has 1 aromatic heterocycles. The lowest BCUT2D eigenvalue weighted by Crippen LogP contribution is -2.31. The van der Waals surface area contributed by atoms with Gasteiger partial charge in [-0.15, -0.1) is 0 Å². The van der Waals surface area contributed by atoms with Crippen LogP contribution >= 0.6 is 22.9 Å². The third-order valence-electron chi connectivity index (χ3n) is 3.16. The van der Waals surface area contributed by atoms with Gasteiger partial charge in [0.2, 0.25) is 5.91 Å². The summed E-state index contributed by atoms with van der Waals surface area (Å²) in [4.78, 5) is 25.5. The Morgan fingerprint density at radius 3 is 2.59 bits per heavy atom. The van der Waals surface area contributed by atoms with Gasteiger partial charge in [-0.1, -0.05) is 11.6 Å². The van der Waals surface area contributed by atoms with E-state index in [1.807, 2.05) is 16.8 Å². The quantitative estimate of drug-likeness (QED) is 0.880. The summed E-state index contributed by atoms with van der Waals surface area (Å²) < 4.78 is 0. The van der Waals surface area contributed by atoms with Crippen LogP contribution in [0, 0.1) is 0 Å². The zero-order valence-electron chi connectivity index (χ0n) is 12.2. The molecule has 0 atom stereocenters. The molecule has 6 heteroatoms. The maximum atomic E-state index is 12.0. The highest BCUT2D eigenvalue weighted by Gasteiger charge is 2.11. The van der Waals surface area contributed by atoms with E-state index < -0.39 is 0 Å². The largest absolute Gasteiger partial charge is 0.352 e. The summed E-state index contributed by atoms with van der Waals surface area (Å²) in [5, 5.41) is 7.33. The van der Waals surface area contributed by atoms with E-state index in [4.69, 9.17) is 11.6 Å². The molecule has 0 radical (unpaired) electrons. The predicted octanol–water partition coefficient (Wildman–Crippen LogP) is 3.18. The van der Waals surface area contributed by atoms with Gasteiger partial charge < -0.3 is 10.2 Å². The van der Waals surface area contributed by atoms with Crippen molar-refractivity contribution in [3.63, 3.8) is 0 Å². The van der Waals surface area contributed by atoms with Gasteiger partial charge in [-0.25, -0.2) is 0 Å². The number of hydrogen-bond acceptors (Lipinski definition) is 3. The second kappa shape index (κ2) is 7.96. The van der Waals surface area contributed by atoms with Crippen LogP contribution in [0.15, 0.2) is 41.1 Å². The average Bonchev–Trinajstić information content (AvgIpc) is 3.00. The summed E-state index contributed by atoms with van der Waals surface area (Å²) in [5.74, 6) is -0.201. The molecule has 0 saturated heterocycles. The molecule has 2 aromatic rings. The Labute approximate surface area is 138 Å². The van der Waals surface area contributed by atoms with Crippen LogP contribution in [0.5, 0.6) is 0 Å². The second-order valence-electron chi connectivity index (χ2n) is 4.89. The second-order valence-corrected chi connectivity index (χ2v) is 6.11. The van der Waals surface area contributed by atoms with Crippen LogP contribution in [-0.4, -0.2) is 30.3 Å². The molecule has 2 rings (SSSR count). The zero-order valence-corrected chi connectivity index (χ0v) is 13.8. The monoisotopic (exact) mass is 336 g/mol. The molecule has 0 aliphatic heterocycles. The predicted molar refractivity (Wildman–Crippen MR) is 89.2 cm³/mol. The number of thiophene rings is 1. The Morgan fingerprint density at radius 2 is 1.95 bits per heavy atom. The third-order valence-corrected chi connectivity index (χ3v) is 4.14. The van der Waals surface area contributed by atoms with Crippen molar-refractivity contribution in [3.8, 4) is 0 Å². The molecule has 0 spiro atoms. The van der Waals surface area contributed by atoms with Gasteiger partial charge >= 0.3 is 0 Å². The standard InChI is InChI=1S/C16H17ClN2O2S/c1-19(10-12-7-9-22-11-12)15(20)6-8-18-16(21)13-2-4-14(17)5-3-13/h2-5,7,9,11H,6,8,10H2,1H3,(H,18,21). The molecule has 4 nitrogen and oxygen atoms in total. The summed E-state index contributed by atoms with van der Waals surface area (Å²) in [6.45, 7) is 0.904. The minimum absolute atomic E-state index is 0.00241. The molecule has 0 bridgehead atoms. The lowest BCUT2D eigenvalue weighted by atomic mass is 10.2. The smallest absolute Gasteiger partial charge is 0.251 e. The average molecular weight is 337 g/mol. The van der Waals surface area contributed by atoms with E-state index in [2.05, 4.69) is 5.32 Å². The molecule has 1 aromatic carbocycles. The van der Waals surface area contributed by atoms with Crippen molar-refractivity contribution in [2.45, 2.75) is 13.0 Å².